The zero-order valence-electron chi connectivity index (χ0n) is 13.3. The molecular formula is C17H15N5O2. The molecule has 3 heterocycles. The number of aryl methyl sites for hydroxylation is 1. The Morgan fingerprint density at radius 2 is 2.21 bits per heavy atom. The number of hydrogen-bond donors (Lipinski definition) is 2. The van der Waals surface area contributed by atoms with E-state index in [1.165, 1.54) is 0 Å². The van der Waals surface area contributed by atoms with Gasteiger partial charge in [0, 0.05) is 24.0 Å². The van der Waals surface area contributed by atoms with Crippen LogP contribution < -0.4 is 15.4 Å². The van der Waals surface area contributed by atoms with Crippen molar-refractivity contribution in [3.8, 4) is 11.9 Å². The van der Waals surface area contributed by atoms with Gasteiger partial charge in [0.2, 0.25) is 17.7 Å². The molecule has 0 saturated carbocycles. The summed E-state index contributed by atoms with van der Waals surface area (Å²) in [6.45, 7) is 1.95. The van der Waals surface area contributed by atoms with Crippen LogP contribution in [0, 0.1) is 11.3 Å². The quantitative estimate of drug-likeness (QED) is 0.823. The van der Waals surface area contributed by atoms with Gasteiger partial charge in [0.1, 0.15) is 17.1 Å². The number of carbonyl (C=O) groups excluding carboxylic acids is 1. The summed E-state index contributed by atoms with van der Waals surface area (Å²) in [4.78, 5) is 14.9. The summed E-state index contributed by atoms with van der Waals surface area (Å²) >= 11 is 0. The first kappa shape index (κ1) is 14.3. The van der Waals surface area contributed by atoms with E-state index in [1.54, 1.807) is 11.9 Å². The highest BCUT2D eigenvalue weighted by Gasteiger charge is 2.60. The summed E-state index contributed by atoms with van der Waals surface area (Å²) in [6, 6.07) is 9.51. The van der Waals surface area contributed by atoms with Crippen molar-refractivity contribution in [2.45, 2.75) is 18.8 Å². The number of carbonyl (C=O) groups is 1. The van der Waals surface area contributed by atoms with Crippen LogP contribution in [0.1, 0.15) is 23.7 Å². The number of anilines is 1. The first-order valence-corrected chi connectivity index (χ1v) is 7.60. The highest BCUT2D eigenvalue weighted by molar-refractivity contribution is 6.14. The maximum absolute atomic E-state index is 13.4. The fourth-order valence-electron chi connectivity index (χ4n) is 3.72. The lowest BCUT2D eigenvalue weighted by atomic mass is 9.69. The number of nitrogens with two attached hydrogens (primary N) is 1. The number of hydrogen-bond acceptors (Lipinski definition) is 5. The van der Waals surface area contributed by atoms with Crippen LogP contribution in [0.5, 0.6) is 5.88 Å². The molecule has 0 unspecified atom stereocenters. The van der Waals surface area contributed by atoms with Gasteiger partial charge in [0.15, 0.2) is 0 Å². The van der Waals surface area contributed by atoms with Crippen molar-refractivity contribution in [1.29, 1.82) is 5.26 Å². The molecule has 0 aliphatic carbocycles. The van der Waals surface area contributed by atoms with Gasteiger partial charge in [0.05, 0.1) is 5.56 Å². The van der Waals surface area contributed by atoms with E-state index in [-0.39, 0.29) is 23.2 Å². The smallest absolute Gasteiger partial charge is 0.247 e. The average molecular weight is 321 g/mol. The number of aromatic nitrogens is 2. The van der Waals surface area contributed by atoms with E-state index in [0.29, 0.717) is 12.0 Å². The standard InChI is InChI=1S/C17H15N5O2/c1-3-11-13-15(21-20-11)24-14(19)10(8-18)17(13)9-6-4-5-7-12(9)22(2)16(17)23/h4-7H,3,19H2,1-2H3,(H,20,21)/t17-/m0/s1. The molecule has 24 heavy (non-hydrogen) atoms. The van der Waals surface area contributed by atoms with E-state index in [1.807, 2.05) is 31.2 Å². The number of ether oxygens (including phenoxy) is 1. The monoisotopic (exact) mass is 321 g/mol. The zero-order valence-corrected chi connectivity index (χ0v) is 13.3. The van der Waals surface area contributed by atoms with E-state index < -0.39 is 5.41 Å². The van der Waals surface area contributed by atoms with Crippen LogP contribution in [0.15, 0.2) is 35.7 Å². The van der Waals surface area contributed by atoms with Gasteiger partial charge < -0.3 is 15.4 Å². The van der Waals surface area contributed by atoms with Crippen molar-refractivity contribution in [3.05, 3.63) is 52.5 Å². The van der Waals surface area contributed by atoms with E-state index >= 15 is 0 Å². The lowest BCUT2D eigenvalue weighted by molar-refractivity contribution is -0.120. The van der Waals surface area contributed by atoms with Crippen LogP contribution in [0.4, 0.5) is 5.69 Å². The Hall–Kier alpha value is -3.27. The van der Waals surface area contributed by atoms with E-state index in [4.69, 9.17) is 10.5 Å². The molecule has 1 amide bonds. The van der Waals surface area contributed by atoms with Crippen molar-refractivity contribution in [2.75, 3.05) is 11.9 Å². The molecule has 2 aromatic rings. The third-order valence-corrected chi connectivity index (χ3v) is 4.77. The number of nitrogens with zero attached hydrogens (tertiary/aromatic N) is 3. The summed E-state index contributed by atoms with van der Waals surface area (Å²) in [6.07, 6.45) is 0.616. The first-order chi connectivity index (χ1) is 11.6. The summed E-state index contributed by atoms with van der Waals surface area (Å²) in [5.41, 5.74) is 7.58. The van der Waals surface area contributed by atoms with Crippen molar-refractivity contribution >= 4 is 11.6 Å². The van der Waals surface area contributed by atoms with Gasteiger partial charge in [-0.15, -0.1) is 5.10 Å². The van der Waals surface area contributed by atoms with Crippen LogP contribution >= 0.6 is 0 Å². The maximum atomic E-state index is 13.4. The maximum Gasteiger partial charge on any atom is 0.247 e. The molecule has 1 aromatic carbocycles. The number of fused-ring (bicyclic) bond motifs is 4. The molecular weight excluding hydrogens is 306 g/mol. The van der Waals surface area contributed by atoms with E-state index in [0.717, 1.165) is 16.9 Å². The molecule has 0 saturated heterocycles. The summed E-state index contributed by atoms with van der Waals surface area (Å²) in [7, 11) is 1.70. The molecule has 1 aromatic heterocycles. The number of aromatic amines is 1. The predicted molar refractivity (Wildman–Crippen MR) is 86.1 cm³/mol. The highest BCUT2D eigenvalue weighted by Crippen LogP contribution is 2.55. The van der Waals surface area contributed by atoms with Crippen LogP contribution in [-0.4, -0.2) is 23.2 Å². The number of amides is 1. The SMILES string of the molecule is CCc1[nH]nc2c1[C@@]1(C(=O)N(C)c3ccccc31)C(C#N)=C(N)O2. The number of rotatable bonds is 1. The molecule has 0 radical (unpaired) electrons. The fourth-order valence-corrected chi connectivity index (χ4v) is 3.72. The minimum Gasteiger partial charge on any atom is -0.420 e. The second-order valence-corrected chi connectivity index (χ2v) is 5.82. The average Bonchev–Trinajstić information content (AvgIpc) is 3.10. The minimum absolute atomic E-state index is 0.0855. The van der Waals surface area contributed by atoms with Gasteiger partial charge in [-0.1, -0.05) is 25.1 Å². The molecule has 0 fully saturated rings. The number of para-hydroxylation sites is 1. The molecule has 2 aliphatic rings. The summed E-state index contributed by atoms with van der Waals surface area (Å²) < 4.78 is 5.52. The van der Waals surface area contributed by atoms with Crippen LogP contribution in [0.25, 0.3) is 0 Å². The Morgan fingerprint density at radius 1 is 1.46 bits per heavy atom. The van der Waals surface area contributed by atoms with Crippen molar-refractivity contribution in [3.63, 3.8) is 0 Å². The second kappa shape index (κ2) is 4.61. The lowest BCUT2D eigenvalue weighted by Gasteiger charge is -2.32. The third-order valence-electron chi connectivity index (χ3n) is 4.77. The second-order valence-electron chi connectivity index (χ2n) is 5.82. The van der Waals surface area contributed by atoms with Gasteiger partial charge >= 0.3 is 0 Å². The normalized spacial score (nSPS) is 21.5. The van der Waals surface area contributed by atoms with Gasteiger partial charge in [-0.05, 0) is 12.5 Å². The molecule has 4 rings (SSSR count). The zero-order chi connectivity index (χ0) is 17.1. The summed E-state index contributed by atoms with van der Waals surface area (Å²) in [5.74, 6) is -0.0664. The Morgan fingerprint density at radius 3 is 2.92 bits per heavy atom. The van der Waals surface area contributed by atoms with E-state index in [2.05, 4.69) is 16.3 Å². The van der Waals surface area contributed by atoms with Crippen LogP contribution in [-0.2, 0) is 16.6 Å². The fraction of sp³-hybridized carbons (Fsp3) is 0.235. The molecule has 120 valence electrons. The van der Waals surface area contributed by atoms with Crippen molar-refractivity contribution in [1.82, 2.24) is 10.2 Å². The van der Waals surface area contributed by atoms with E-state index in [9.17, 15) is 10.1 Å². The van der Waals surface area contributed by atoms with Gasteiger partial charge in [-0.2, -0.15) is 5.26 Å². The Kier molecular flexibility index (Phi) is 2.76. The number of likely N-dealkylation sites (N-methyl/N-ethyl adjacent to an activating group) is 1. The predicted octanol–water partition coefficient (Wildman–Crippen LogP) is 1.32. The van der Waals surface area contributed by atoms with Crippen LogP contribution in [0.3, 0.4) is 0 Å². The topological polar surface area (TPSA) is 108 Å². The first-order valence-electron chi connectivity index (χ1n) is 7.60. The molecule has 0 bridgehead atoms. The van der Waals surface area contributed by atoms with Gasteiger partial charge in [0.25, 0.3) is 0 Å². The molecule has 7 nitrogen and oxygen atoms in total. The van der Waals surface area contributed by atoms with Crippen molar-refractivity contribution in [2.24, 2.45) is 5.73 Å². The third kappa shape index (κ3) is 1.41. The largest absolute Gasteiger partial charge is 0.420 e. The number of nitrogens with one attached hydrogen (secondary N) is 1. The molecule has 3 N–H and O–H groups in total. The van der Waals surface area contributed by atoms with Crippen LogP contribution in [0.2, 0.25) is 0 Å². The van der Waals surface area contributed by atoms with Crippen molar-refractivity contribution < 1.29 is 9.53 Å². The molecule has 1 spiro atoms. The number of benzene rings is 1. The number of H-pyrrole nitrogens is 1. The molecule has 7 heteroatoms. The van der Waals surface area contributed by atoms with Gasteiger partial charge in [-0.3, -0.25) is 9.89 Å². The Labute approximate surface area is 138 Å². The molecule has 1 atom stereocenters. The Bertz CT molecular complexity index is 952. The minimum atomic E-state index is -1.31. The lowest BCUT2D eigenvalue weighted by Crippen LogP contribution is -2.45. The molecule has 2 aliphatic heterocycles. The highest BCUT2D eigenvalue weighted by atomic mass is 16.5. The Balaban J connectivity index is 2.19. The number of nitriles is 1. The summed E-state index contributed by atoms with van der Waals surface area (Å²) in [5, 5.41) is 16.8. The van der Waals surface area contributed by atoms with Gasteiger partial charge in [-0.25, -0.2) is 0 Å².